The molecule has 1 aliphatic heterocycles. The summed E-state index contributed by atoms with van der Waals surface area (Å²) in [4.78, 5) is 24.1. The number of amides is 1. The Morgan fingerprint density at radius 3 is 2.44 bits per heavy atom. The monoisotopic (exact) mass is 357 g/mol. The van der Waals surface area contributed by atoms with Gasteiger partial charge in [-0.3, -0.25) is 9.59 Å². The highest BCUT2D eigenvalue weighted by molar-refractivity contribution is 6.16. The molecule has 0 saturated heterocycles. The van der Waals surface area contributed by atoms with E-state index in [4.69, 9.17) is 15.2 Å². The van der Waals surface area contributed by atoms with Gasteiger partial charge in [-0.05, 0) is 48.0 Å². The average Bonchev–Trinajstić information content (AvgIpc) is 2.98. The van der Waals surface area contributed by atoms with Crippen LogP contribution in [0.3, 0.4) is 0 Å². The predicted molar refractivity (Wildman–Crippen MR) is 101 cm³/mol. The summed E-state index contributed by atoms with van der Waals surface area (Å²) in [5.74, 6) is 0.764. The maximum atomic E-state index is 12.6. The number of primary amides is 1. The Bertz CT molecular complexity index is 1070. The molecule has 0 unspecified atom stereocenters. The number of allylic oxidation sites excluding steroid dienone is 1. The van der Waals surface area contributed by atoms with Crippen LogP contribution in [0.1, 0.15) is 26.3 Å². The molecule has 3 aromatic carbocycles. The quantitative estimate of drug-likeness (QED) is 0.710. The Morgan fingerprint density at radius 2 is 1.67 bits per heavy atom. The van der Waals surface area contributed by atoms with E-state index in [2.05, 4.69) is 0 Å². The first-order valence-corrected chi connectivity index (χ1v) is 8.32. The fourth-order valence-corrected chi connectivity index (χ4v) is 2.85. The molecule has 132 valence electrons. The second kappa shape index (κ2) is 6.80. The van der Waals surface area contributed by atoms with Gasteiger partial charge in [0, 0.05) is 0 Å². The molecule has 0 aromatic heterocycles. The number of nitrogens with two attached hydrogens (primary N) is 1. The Kier molecular flexibility index (Phi) is 4.18. The van der Waals surface area contributed by atoms with Crippen LogP contribution in [0.15, 0.2) is 78.6 Å². The summed E-state index contributed by atoms with van der Waals surface area (Å²) in [5, 5.41) is 0. The van der Waals surface area contributed by atoms with Crippen LogP contribution in [0.25, 0.3) is 6.08 Å². The standard InChI is InChI=1S/C22H15NO4/c23-22(25)18-11-5-10-17-20(24)19(27-21(17)18)13-14-6-4-9-16(12-14)26-15-7-2-1-3-8-15/h1-13H,(H2,23,25)/b19-13-. The number of hydrogen-bond acceptors (Lipinski definition) is 4. The molecule has 0 bridgehead atoms. The van der Waals surface area contributed by atoms with Gasteiger partial charge in [0.15, 0.2) is 11.5 Å². The van der Waals surface area contributed by atoms with Gasteiger partial charge in [-0.15, -0.1) is 0 Å². The Labute approximate surface area is 155 Å². The minimum atomic E-state index is -0.640. The van der Waals surface area contributed by atoms with Gasteiger partial charge in [0.05, 0.1) is 11.1 Å². The van der Waals surface area contributed by atoms with Crippen molar-refractivity contribution in [3.63, 3.8) is 0 Å². The van der Waals surface area contributed by atoms with Crippen molar-refractivity contribution in [2.24, 2.45) is 5.73 Å². The predicted octanol–water partition coefficient (Wildman–Crippen LogP) is 4.19. The highest BCUT2D eigenvalue weighted by Crippen LogP contribution is 2.35. The van der Waals surface area contributed by atoms with E-state index in [0.29, 0.717) is 17.1 Å². The Morgan fingerprint density at radius 1 is 0.926 bits per heavy atom. The lowest BCUT2D eigenvalue weighted by Crippen LogP contribution is -2.11. The number of para-hydroxylation sites is 2. The number of carbonyl (C=O) groups excluding carboxylic acids is 2. The van der Waals surface area contributed by atoms with Crippen molar-refractivity contribution in [2.45, 2.75) is 0 Å². The molecule has 0 saturated carbocycles. The summed E-state index contributed by atoms with van der Waals surface area (Å²) in [6.07, 6.45) is 1.62. The summed E-state index contributed by atoms with van der Waals surface area (Å²) < 4.78 is 11.5. The fraction of sp³-hybridized carbons (Fsp3) is 0. The second-order valence-corrected chi connectivity index (χ2v) is 5.97. The van der Waals surface area contributed by atoms with E-state index in [9.17, 15) is 9.59 Å². The first-order chi connectivity index (χ1) is 13.1. The molecule has 4 rings (SSSR count). The molecular weight excluding hydrogens is 342 g/mol. The molecule has 1 amide bonds. The van der Waals surface area contributed by atoms with Crippen LogP contribution in [-0.2, 0) is 0 Å². The van der Waals surface area contributed by atoms with Crippen molar-refractivity contribution in [3.05, 3.63) is 95.2 Å². The van der Waals surface area contributed by atoms with E-state index in [-0.39, 0.29) is 22.9 Å². The topological polar surface area (TPSA) is 78.6 Å². The van der Waals surface area contributed by atoms with Gasteiger partial charge in [-0.25, -0.2) is 0 Å². The van der Waals surface area contributed by atoms with E-state index in [1.54, 1.807) is 24.3 Å². The summed E-state index contributed by atoms with van der Waals surface area (Å²) in [6, 6.07) is 21.4. The van der Waals surface area contributed by atoms with Crippen LogP contribution in [0.5, 0.6) is 17.2 Å². The highest BCUT2D eigenvalue weighted by atomic mass is 16.5. The van der Waals surface area contributed by atoms with Crippen molar-refractivity contribution in [2.75, 3.05) is 0 Å². The second-order valence-electron chi connectivity index (χ2n) is 5.97. The Balaban J connectivity index is 1.63. The van der Waals surface area contributed by atoms with Crippen LogP contribution < -0.4 is 15.2 Å². The van der Waals surface area contributed by atoms with Crippen molar-refractivity contribution >= 4 is 17.8 Å². The maximum Gasteiger partial charge on any atom is 0.252 e. The van der Waals surface area contributed by atoms with Crippen LogP contribution >= 0.6 is 0 Å². The summed E-state index contributed by atoms with van der Waals surface area (Å²) >= 11 is 0. The van der Waals surface area contributed by atoms with Crippen LogP contribution in [0.4, 0.5) is 0 Å². The third-order valence-corrected chi connectivity index (χ3v) is 4.10. The van der Waals surface area contributed by atoms with E-state index in [1.165, 1.54) is 6.07 Å². The largest absolute Gasteiger partial charge is 0.457 e. The average molecular weight is 357 g/mol. The number of hydrogen-bond donors (Lipinski definition) is 1. The molecule has 27 heavy (non-hydrogen) atoms. The number of ether oxygens (including phenoxy) is 2. The van der Waals surface area contributed by atoms with Crippen molar-refractivity contribution in [1.29, 1.82) is 0 Å². The Hall–Kier alpha value is -3.86. The number of Topliss-reactive ketones (excluding diaryl/α,β-unsaturated/α-hetero) is 1. The van der Waals surface area contributed by atoms with Gasteiger partial charge in [0.25, 0.3) is 5.91 Å². The van der Waals surface area contributed by atoms with Gasteiger partial charge in [-0.2, -0.15) is 0 Å². The molecule has 1 aliphatic rings. The number of carbonyl (C=O) groups is 2. The molecule has 5 heteroatoms. The maximum absolute atomic E-state index is 12.6. The first-order valence-electron chi connectivity index (χ1n) is 8.32. The summed E-state index contributed by atoms with van der Waals surface area (Å²) in [7, 11) is 0. The van der Waals surface area contributed by atoms with Gasteiger partial charge >= 0.3 is 0 Å². The molecule has 0 spiro atoms. The van der Waals surface area contributed by atoms with Crippen LogP contribution in [0, 0.1) is 0 Å². The molecule has 1 heterocycles. The molecule has 0 atom stereocenters. The molecule has 3 aromatic rings. The zero-order valence-corrected chi connectivity index (χ0v) is 14.2. The molecule has 2 N–H and O–H groups in total. The third kappa shape index (κ3) is 3.30. The SMILES string of the molecule is NC(=O)c1cccc2c1O/C(=C\c1cccc(Oc3ccccc3)c1)C2=O. The molecule has 0 fully saturated rings. The summed E-state index contributed by atoms with van der Waals surface area (Å²) in [6.45, 7) is 0. The van der Waals surface area contributed by atoms with E-state index in [1.807, 2.05) is 48.5 Å². The van der Waals surface area contributed by atoms with Gasteiger partial charge in [0.2, 0.25) is 5.78 Å². The van der Waals surface area contributed by atoms with Crippen molar-refractivity contribution < 1.29 is 19.1 Å². The van der Waals surface area contributed by atoms with Gasteiger partial charge in [0.1, 0.15) is 11.5 Å². The first kappa shape index (κ1) is 16.6. The normalized spacial score (nSPS) is 13.9. The van der Waals surface area contributed by atoms with Gasteiger partial charge in [-0.1, -0.05) is 36.4 Å². The minimum Gasteiger partial charge on any atom is -0.457 e. The minimum absolute atomic E-state index is 0.135. The molecule has 0 radical (unpaired) electrons. The number of fused-ring (bicyclic) bond motifs is 1. The number of benzene rings is 3. The van der Waals surface area contributed by atoms with Crippen LogP contribution in [-0.4, -0.2) is 11.7 Å². The lowest BCUT2D eigenvalue weighted by Gasteiger charge is -2.06. The number of ketones is 1. The van der Waals surface area contributed by atoms with Crippen molar-refractivity contribution in [3.8, 4) is 17.2 Å². The molecular formula is C22H15NO4. The van der Waals surface area contributed by atoms with E-state index in [0.717, 1.165) is 5.56 Å². The summed E-state index contributed by atoms with van der Waals surface area (Å²) in [5.41, 5.74) is 6.61. The smallest absolute Gasteiger partial charge is 0.252 e. The third-order valence-electron chi connectivity index (χ3n) is 4.10. The number of rotatable bonds is 4. The van der Waals surface area contributed by atoms with Crippen molar-refractivity contribution in [1.82, 2.24) is 0 Å². The molecule has 0 aliphatic carbocycles. The zero-order valence-electron chi connectivity index (χ0n) is 14.2. The fourth-order valence-electron chi connectivity index (χ4n) is 2.85. The highest BCUT2D eigenvalue weighted by Gasteiger charge is 2.30. The lowest BCUT2D eigenvalue weighted by atomic mass is 10.1. The van der Waals surface area contributed by atoms with E-state index < -0.39 is 5.91 Å². The van der Waals surface area contributed by atoms with Gasteiger partial charge < -0.3 is 15.2 Å². The zero-order chi connectivity index (χ0) is 18.8. The lowest BCUT2D eigenvalue weighted by molar-refractivity contribution is 0.0991. The van der Waals surface area contributed by atoms with Crippen LogP contribution in [0.2, 0.25) is 0 Å². The molecule has 5 nitrogen and oxygen atoms in total. The van der Waals surface area contributed by atoms with E-state index >= 15 is 0 Å².